The van der Waals surface area contributed by atoms with Crippen LogP contribution in [0.25, 0.3) is 0 Å². The number of carbonyl (C=O) groups excluding carboxylic acids is 1. The van der Waals surface area contributed by atoms with Crippen LogP contribution in [0.2, 0.25) is 0 Å². The first-order valence-corrected chi connectivity index (χ1v) is 5.49. The van der Waals surface area contributed by atoms with Crippen LogP contribution in [-0.4, -0.2) is 28.5 Å². The van der Waals surface area contributed by atoms with Crippen molar-refractivity contribution >= 4 is 11.9 Å². The number of aromatic nitrogens is 2. The van der Waals surface area contributed by atoms with Crippen LogP contribution in [0.15, 0.2) is 6.07 Å². The van der Waals surface area contributed by atoms with Crippen LogP contribution in [-0.2, 0) is 4.79 Å². The molecule has 0 radical (unpaired) electrons. The zero-order chi connectivity index (χ0) is 11.5. The highest BCUT2D eigenvalue weighted by molar-refractivity contribution is 5.76. The van der Waals surface area contributed by atoms with Crippen molar-refractivity contribution in [3.63, 3.8) is 0 Å². The lowest BCUT2D eigenvalue weighted by Crippen LogP contribution is -2.42. The molecule has 1 saturated heterocycles. The first-order chi connectivity index (χ1) is 7.63. The number of rotatable bonds is 2. The molecule has 86 valence electrons. The van der Waals surface area contributed by atoms with Crippen LogP contribution in [0.5, 0.6) is 0 Å². The summed E-state index contributed by atoms with van der Waals surface area (Å²) in [4.78, 5) is 19.6. The zero-order valence-electron chi connectivity index (χ0n) is 9.58. The second-order valence-corrected chi connectivity index (χ2v) is 4.16. The number of hydrogen-bond donors (Lipinski definition) is 2. The van der Waals surface area contributed by atoms with Crippen molar-refractivity contribution in [2.24, 2.45) is 0 Å². The molecule has 0 aromatic carbocycles. The minimum atomic E-state index is 0.124. The standard InChI is InChI=1S/C11H16N4O/c1-7-5-8(2)14-11(13-7)15-9-3-4-10(16)12-6-9/h5,9H,3-4,6H2,1-2H3,(H,12,16)(H,13,14,15). The Labute approximate surface area is 94.7 Å². The normalized spacial score (nSPS) is 20.4. The number of amides is 1. The van der Waals surface area contributed by atoms with Crippen molar-refractivity contribution < 1.29 is 4.79 Å². The Kier molecular flexibility index (Phi) is 3.03. The van der Waals surface area contributed by atoms with Gasteiger partial charge >= 0.3 is 0 Å². The highest BCUT2D eigenvalue weighted by atomic mass is 16.1. The highest BCUT2D eigenvalue weighted by Crippen LogP contribution is 2.10. The van der Waals surface area contributed by atoms with Crippen LogP contribution in [0, 0.1) is 13.8 Å². The van der Waals surface area contributed by atoms with E-state index in [1.165, 1.54) is 0 Å². The maximum absolute atomic E-state index is 11.0. The van der Waals surface area contributed by atoms with Crippen LogP contribution in [0.3, 0.4) is 0 Å². The number of carbonyl (C=O) groups is 1. The van der Waals surface area contributed by atoms with Gasteiger partial charge in [0, 0.05) is 30.4 Å². The van der Waals surface area contributed by atoms with Crippen molar-refractivity contribution in [3.05, 3.63) is 17.5 Å². The largest absolute Gasteiger partial charge is 0.354 e. The van der Waals surface area contributed by atoms with Gasteiger partial charge in [-0.1, -0.05) is 0 Å². The van der Waals surface area contributed by atoms with Gasteiger partial charge < -0.3 is 10.6 Å². The average molecular weight is 220 g/mol. The predicted octanol–water partition coefficient (Wildman–Crippen LogP) is 0.784. The lowest BCUT2D eigenvalue weighted by Gasteiger charge is -2.23. The summed E-state index contributed by atoms with van der Waals surface area (Å²) in [6.45, 7) is 4.54. The van der Waals surface area contributed by atoms with E-state index in [2.05, 4.69) is 20.6 Å². The van der Waals surface area contributed by atoms with Crippen LogP contribution in [0.1, 0.15) is 24.2 Å². The molecule has 5 heteroatoms. The van der Waals surface area contributed by atoms with Gasteiger partial charge in [-0.25, -0.2) is 9.97 Å². The van der Waals surface area contributed by atoms with Gasteiger partial charge in [-0.15, -0.1) is 0 Å². The van der Waals surface area contributed by atoms with Crippen molar-refractivity contribution in [3.8, 4) is 0 Å². The molecule has 2 N–H and O–H groups in total. The average Bonchev–Trinajstić information content (AvgIpc) is 2.20. The molecule has 1 fully saturated rings. The Morgan fingerprint density at radius 3 is 2.62 bits per heavy atom. The number of anilines is 1. The van der Waals surface area contributed by atoms with Gasteiger partial charge in [0.2, 0.25) is 11.9 Å². The van der Waals surface area contributed by atoms with E-state index < -0.39 is 0 Å². The van der Waals surface area contributed by atoms with Gasteiger partial charge in [-0.3, -0.25) is 4.79 Å². The fourth-order valence-electron chi connectivity index (χ4n) is 1.83. The summed E-state index contributed by atoms with van der Waals surface area (Å²) >= 11 is 0. The summed E-state index contributed by atoms with van der Waals surface area (Å²) in [5, 5.41) is 6.07. The van der Waals surface area contributed by atoms with E-state index in [9.17, 15) is 4.79 Å². The molecule has 1 aliphatic heterocycles. The molecule has 5 nitrogen and oxygen atoms in total. The zero-order valence-corrected chi connectivity index (χ0v) is 9.58. The molecule has 2 heterocycles. The molecule has 1 aromatic rings. The monoisotopic (exact) mass is 220 g/mol. The second kappa shape index (κ2) is 4.47. The fraction of sp³-hybridized carbons (Fsp3) is 0.545. The van der Waals surface area contributed by atoms with Crippen molar-refractivity contribution in [1.82, 2.24) is 15.3 Å². The molecule has 0 saturated carbocycles. The minimum Gasteiger partial charge on any atom is -0.354 e. The van der Waals surface area contributed by atoms with Crippen molar-refractivity contribution in [2.75, 3.05) is 11.9 Å². The number of hydrogen-bond acceptors (Lipinski definition) is 4. The summed E-state index contributed by atoms with van der Waals surface area (Å²) < 4.78 is 0. The van der Waals surface area contributed by atoms with E-state index in [4.69, 9.17) is 0 Å². The van der Waals surface area contributed by atoms with Crippen molar-refractivity contribution in [1.29, 1.82) is 0 Å². The number of aryl methyl sites for hydroxylation is 2. The van der Waals surface area contributed by atoms with Gasteiger partial charge in [0.25, 0.3) is 0 Å². The SMILES string of the molecule is Cc1cc(C)nc(NC2CCC(=O)NC2)n1. The number of piperidine rings is 1. The quantitative estimate of drug-likeness (QED) is 0.773. The van der Waals surface area contributed by atoms with Crippen LogP contribution >= 0.6 is 0 Å². The van der Waals surface area contributed by atoms with E-state index in [1.54, 1.807) is 0 Å². The molecular formula is C11H16N4O. The molecule has 1 aromatic heterocycles. The van der Waals surface area contributed by atoms with E-state index in [0.29, 0.717) is 18.9 Å². The van der Waals surface area contributed by atoms with Gasteiger partial charge in [-0.05, 0) is 26.3 Å². The predicted molar refractivity (Wildman–Crippen MR) is 61.2 cm³/mol. The Bertz CT molecular complexity index is 375. The Hall–Kier alpha value is -1.65. The molecule has 1 unspecified atom stereocenters. The van der Waals surface area contributed by atoms with Gasteiger partial charge in [0.05, 0.1) is 0 Å². The molecule has 1 aliphatic rings. The lowest BCUT2D eigenvalue weighted by atomic mass is 10.1. The van der Waals surface area contributed by atoms with Crippen LogP contribution in [0.4, 0.5) is 5.95 Å². The summed E-state index contributed by atoms with van der Waals surface area (Å²) in [5.41, 5.74) is 1.91. The van der Waals surface area contributed by atoms with E-state index in [1.807, 2.05) is 19.9 Å². The van der Waals surface area contributed by atoms with Gasteiger partial charge in [0.1, 0.15) is 0 Å². The van der Waals surface area contributed by atoms with Crippen molar-refractivity contribution in [2.45, 2.75) is 32.7 Å². The summed E-state index contributed by atoms with van der Waals surface area (Å²) in [6, 6.07) is 2.17. The molecule has 0 spiro atoms. The van der Waals surface area contributed by atoms with Gasteiger partial charge in [-0.2, -0.15) is 0 Å². The van der Waals surface area contributed by atoms with E-state index >= 15 is 0 Å². The third-order valence-electron chi connectivity index (χ3n) is 2.58. The Morgan fingerprint density at radius 1 is 1.38 bits per heavy atom. The molecule has 0 aliphatic carbocycles. The van der Waals surface area contributed by atoms with Crippen LogP contribution < -0.4 is 10.6 Å². The Balaban J connectivity index is 2.00. The molecule has 0 bridgehead atoms. The van der Waals surface area contributed by atoms with E-state index in [-0.39, 0.29) is 11.9 Å². The molecule has 1 amide bonds. The highest BCUT2D eigenvalue weighted by Gasteiger charge is 2.18. The maximum Gasteiger partial charge on any atom is 0.223 e. The van der Waals surface area contributed by atoms with E-state index in [0.717, 1.165) is 17.8 Å². The van der Waals surface area contributed by atoms with Gasteiger partial charge in [0.15, 0.2) is 0 Å². The molecular weight excluding hydrogens is 204 g/mol. The first-order valence-electron chi connectivity index (χ1n) is 5.49. The third kappa shape index (κ3) is 2.68. The number of nitrogens with one attached hydrogen (secondary N) is 2. The first kappa shape index (κ1) is 10.9. The smallest absolute Gasteiger partial charge is 0.223 e. The Morgan fingerprint density at radius 2 is 2.06 bits per heavy atom. The minimum absolute atomic E-state index is 0.124. The maximum atomic E-state index is 11.0. The third-order valence-corrected chi connectivity index (χ3v) is 2.58. The lowest BCUT2D eigenvalue weighted by molar-refractivity contribution is -0.122. The second-order valence-electron chi connectivity index (χ2n) is 4.16. The molecule has 2 rings (SSSR count). The fourth-order valence-corrected chi connectivity index (χ4v) is 1.83. The molecule has 1 atom stereocenters. The summed E-state index contributed by atoms with van der Waals surface area (Å²) in [6.07, 6.45) is 1.41. The summed E-state index contributed by atoms with van der Waals surface area (Å²) in [7, 11) is 0. The number of nitrogens with zero attached hydrogens (tertiary/aromatic N) is 2. The molecule has 16 heavy (non-hydrogen) atoms. The topological polar surface area (TPSA) is 66.9 Å². The summed E-state index contributed by atoms with van der Waals surface area (Å²) in [5.74, 6) is 0.776.